The molecule has 3 aliphatic rings. The Labute approximate surface area is 146 Å². The average Bonchev–Trinajstić information content (AvgIpc) is 2.93. The Morgan fingerprint density at radius 1 is 1.04 bits per heavy atom. The largest absolute Gasteiger partial charge is 0.340 e. The molecule has 24 heavy (non-hydrogen) atoms. The summed E-state index contributed by atoms with van der Waals surface area (Å²) in [5, 5.41) is 3.36. The smallest absolute Gasteiger partial charge is 0.175 e. The van der Waals surface area contributed by atoms with Gasteiger partial charge in [-0.3, -0.25) is 0 Å². The first-order valence-electron chi connectivity index (χ1n) is 8.06. The zero-order valence-corrected chi connectivity index (χ0v) is 14.3. The van der Waals surface area contributed by atoms with Crippen LogP contribution in [0.5, 0.6) is 0 Å². The van der Waals surface area contributed by atoms with Crippen molar-refractivity contribution >= 4 is 12.4 Å². The quantitative estimate of drug-likeness (QED) is 0.739. The van der Waals surface area contributed by atoms with Gasteiger partial charge in [0.15, 0.2) is 5.82 Å². The van der Waals surface area contributed by atoms with Crippen molar-refractivity contribution in [3.8, 4) is 22.6 Å². The van der Waals surface area contributed by atoms with Crippen molar-refractivity contribution in [3.63, 3.8) is 0 Å². The molecule has 1 aromatic rings. The molecular formula is C18H20ClFN4. The van der Waals surface area contributed by atoms with Crippen LogP contribution in [0.4, 0.5) is 4.39 Å². The summed E-state index contributed by atoms with van der Waals surface area (Å²) in [4.78, 5) is 12.3. The van der Waals surface area contributed by atoms with E-state index in [2.05, 4.69) is 20.3 Å². The molecule has 0 spiro atoms. The first-order valence-corrected chi connectivity index (χ1v) is 8.06. The summed E-state index contributed by atoms with van der Waals surface area (Å²) >= 11 is 0. The standard InChI is InChI=1S/C18H19FN4.ClH/c1-11-21-16(13-7-9-20-10-8-13)18-17(22-11)14(19)15(23-18)12-5-3-2-4-6-12;/h2-6,13,20H,7-10H2,1H3,(H,21,22);1H. The van der Waals surface area contributed by atoms with Crippen LogP contribution < -0.4 is 5.32 Å². The van der Waals surface area contributed by atoms with Crippen LogP contribution in [0, 0.1) is 12.7 Å². The second-order valence-corrected chi connectivity index (χ2v) is 6.10. The lowest BCUT2D eigenvalue weighted by atomic mass is 9.92. The molecule has 3 heterocycles. The van der Waals surface area contributed by atoms with Crippen LogP contribution in [0.25, 0.3) is 22.6 Å². The third-order valence-electron chi connectivity index (χ3n) is 4.50. The van der Waals surface area contributed by atoms with Gasteiger partial charge in [0.1, 0.15) is 22.9 Å². The molecule has 0 aliphatic carbocycles. The Hall–Kier alpha value is -1.98. The number of H-pyrrole nitrogens is 1. The van der Waals surface area contributed by atoms with Crippen molar-refractivity contribution in [2.45, 2.75) is 25.7 Å². The molecule has 4 rings (SSSR count). The van der Waals surface area contributed by atoms with Crippen LogP contribution in [0.2, 0.25) is 0 Å². The van der Waals surface area contributed by atoms with Crippen LogP contribution in [0.3, 0.4) is 0 Å². The lowest BCUT2D eigenvalue weighted by molar-refractivity contribution is 0.452. The topological polar surface area (TPSA) is 53.6 Å². The van der Waals surface area contributed by atoms with E-state index in [0.717, 1.165) is 43.0 Å². The summed E-state index contributed by atoms with van der Waals surface area (Å²) in [7, 11) is 0. The van der Waals surface area contributed by atoms with Crippen LogP contribution in [-0.2, 0) is 0 Å². The zero-order valence-electron chi connectivity index (χ0n) is 13.5. The molecule has 0 bridgehead atoms. The van der Waals surface area contributed by atoms with Gasteiger partial charge in [-0.1, -0.05) is 30.3 Å². The maximum Gasteiger partial charge on any atom is 0.175 e. The fourth-order valence-corrected chi connectivity index (χ4v) is 3.35. The van der Waals surface area contributed by atoms with Gasteiger partial charge in [-0.25, -0.2) is 14.4 Å². The van der Waals surface area contributed by atoms with E-state index in [1.165, 1.54) is 0 Å². The van der Waals surface area contributed by atoms with Crippen LogP contribution in [0.1, 0.15) is 30.3 Å². The van der Waals surface area contributed by atoms with Crippen molar-refractivity contribution < 1.29 is 4.39 Å². The van der Waals surface area contributed by atoms with Crippen LogP contribution >= 0.6 is 12.4 Å². The predicted octanol–water partition coefficient (Wildman–Crippen LogP) is 3.91. The second kappa shape index (κ2) is 6.87. The van der Waals surface area contributed by atoms with E-state index in [4.69, 9.17) is 0 Å². The summed E-state index contributed by atoms with van der Waals surface area (Å²) in [6, 6.07) is 9.48. The molecule has 1 saturated heterocycles. The van der Waals surface area contributed by atoms with Gasteiger partial charge in [0.25, 0.3) is 0 Å². The predicted molar refractivity (Wildman–Crippen MR) is 95.2 cm³/mol. The van der Waals surface area contributed by atoms with Gasteiger partial charge in [0.2, 0.25) is 0 Å². The average molecular weight is 347 g/mol. The van der Waals surface area contributed by atoms with E-state index in [1.807, 2.05) is 37.3 Å². The van der Waals surface area contributed by atoms with Crippen molar-refractivity contribution in [2.24, 2.45) is 0 Å². The van der Waals surface area contributed by atoms with E-state index < -0.39 is 0 Å². The van der Waals surface area contributed by atoms with Crippen LogP contribution in [0.15, 0.2) is 30.3 Å². The number of hydrogen-bond acceptors (Lipinski definition) is 3. The molecule has 3 aliphatic heterocycles. The number of aromatic amines is 1. The molecule has 0 aromatic heterocycles. The highest BCUT2D eigenvalue weighted by molar-refractivity contribution is 5.85. The number of piperidine rings is 1. The first-order chi connectivity index (χ1) is 11.2. The summed E-state index contributed by atoms with van der Waals surface area (Å²) in [6.45, 7) is 3.82. The first kappa shape index (κ1) is 16.9. The lowest BCUT2D eigenvalue weighted by Crippen LogP contribution is -2.27. The Bertz CT molecular complexity index is 796. The molecule has 0 amide bonds. The number of hydrogen-bond donors (Lipinski definition) is 2. The van der Waals surface area contributed by atoms with Crippen molar-refractivity contribution in [1.82, 2.24) is 20.3 Å². The van der Waals surface area contributed by atoms with Crippen molar-refractivity contribution in [1.29, 1.82) is 0 Å². The molecule has 0 atom stereocenters. The van der Waals surface area contributed by atoms with Gasteiger partial charge in [0.05, 0.1) is 5.69 Å². The molecular weight excluding hydrogens is 327 g/mol. The van der Waals surface area contributed by atoms with Gasteiger partial charge in [-0.05, 0) is 32.9 Å². The minimum absolute atomic E-state index is 0. The number of benzene rings is 1. The number of halogens is 2. The summed E-state index contributed by atoms with van der Waals surface area (Å²) in [5.41, 5.74) is 3.28. The molecule has 0 unspecified atom stereocenters. The van der Waals surface area contributed by atoms with E-state index in [-0.39, 0.29) is 18.2 Å². The number of fused-ring (bicyclic) bond motifs is 1. The van der Waals surface area contributed by atoms with E-state index in [0.29, 0.717) is 23.0 Å². The minimum atomic E-state index is -0.285. The molecule has 1 aromatic carbocycles. The van der Waals surface area contributed by atoms with Crippen molar-refractivity contribution in [3.05, 3.63) is 47.7 Å². The van der Waals surface area contributed by atoms with Gasteiger partial charge in [-0.15, -0.1) is 12.4 Å². The Balaban J connectivity index is 0.00000169. The Kier molecular flexibility index (Phi) is 4.83. The number of rotatable bonds is 2. The highest BCUT2D eigenvalue weighted by atomic mass is 35.5. The molecule has 4 nitrogen and oxygen atoms in total. The normalized spacial score (nSPS) is 15.4. The molecule has 126 valence electrons. The molecule has 6 heteroatoms. The third-order valence-corrected chi connectivity index (χ3v) is 4.50. The zero-order chi connectivity index (χ0) is 15.8. The fourth-order valence-electron chi connectivity index (χ4n) is 3.35. The molecule has 0 saturated carbocycles. The summed E-state index contributed by atoms with van der Waals surface area (Å²) in [6.07, 6.45) is 2.03. The van der Waals surface area contributed by atoms with Crippen LogP contribution in [-0.4, -0.2) is 28.0 Å². The van der Waals surface area contributed by atoms with Gasteiger partial charge in [-0.2, -0.15) is 0 Å². The maximum atomic E-state index is 14.9. The molecule has 2 N–H and O–H groups in total. The number of nitrogens with zero attached hydrogens (tertiary/aromatic N) is 2. The van der Waals surface area contributed by atoms with Gasteiger partial charge >= 0.3 is 0 Å². The summed E-state index contributed by atoms with van der Waals surface area (Å²) in [5.74, 6) is 0.786. The Morgan fingerprint density at radius 2 is 1.75 bits per heavy atom. The minimum Gasteiger partial charge on any atom is -0.340 e. The number of aryl methyl sites for hydroxylation is 1. The monoisotopic (exact) mass is 346 g/mol. The fraction of sp³-hybridized carbons (Fsp3) is 0.333. The maximum absolute atomic E-state index is 14.9. The Morgan fingerprint density at radius 3 is 2.46 bits per heavy atom. The second-order valence-electron chi connectivity index (χ2n) is 6.10. The van der Waals surface area contributed by atoms with Gasteiger partial charge in [0, 0.05) is 11.5 Å². The van der Waals surface area contributed by atoms with E-state index in [9.17, 15) is 4.39 Å². The molecule has 0 radical (unpaired) electrons. The highest BCUT2D eigenvalue weighted by Crippen LogP contribution is 2.37. The van der Waals surface area contributed by atoms with E-state index in [1.54, 1.807) is 0 Å². The third kappa shape index (κ3) is 2.89. The molecule has 1 fully saturated rings. The SMILES string of the molecule is Cc1nc(C2CCNCC2)c2nc(-c3ccccc3)c(F)c-2[nH]1.Cl. The number of nitrogens with one attached hydrogen (secondary N) is 2. The lowest BCUT2D eigenvalue weighted by Gasteiger charge is -2.23. The summed E-state index contributed by atoms with van der Waals surface area (Å²) < 4.78 is 14.9. The van der Waals surface area contributed by atoms with Gasteiger partial charge < -0.3 is 10.3 Å². The van der Waals surface area contributed by atoms with E-state index >= 15 is 0 Å². The highest BCUT2D eigenvalue weighted by Gasteiger charge is 2.28. The number of aromatic nitrogens is 3. The van der Waals surface area contributed by atoms with Crippen molar-refractivity contribution in [2.75, 3.05) is 13.1 Å².